The average Bonchev–Trinajstić information content (AvgIpc) is 2.97. The molecule has 3 atom stereocenters. The molecule has 0 saturated heterocycles. The normalized spacial score (nSPS) is 34.4. The molecule has 2 saturated carbocycles. The van der Waals surface area contributed by atoms with Gasteiger partial charge >= 0.3 is 0 Å². The van der Waals surface area contributed by atoms with E-state index in [-0.39, 0.29) is 0 Å². The molecule has 0 spiro atoms. The van der Waals surface area contributed by atoms with Gasteiger partial charge in [-0.05, 0) is 47.6 Å². The van der Waals surface area contributed by atoms with Crippen LogP contribution in [0.2, 0.25) is 0 Å². The predicted octanol–water partition coefficient (Wildman–Crippen LogP) is 3.20. The van der Waals surface area contributed by atoms with Crippen LogP contribution in [0.25, 0.3) is 0 Å². The van der Waals surface area contributed by atoms with Crippen molar-refractivity contribution in [2.24, 2.45) is 23.8 Å². The minimum absolute atomic E-state index is 0.389. The smallest absolute Gasteiger partial charge is 0.120 e. The summed E-state index contributed by atoms with van der Waals surface area (Å²) >= 11 is 0. The number of nitriles is 1. The molecule has 1 heterocycles. The molecule has 2 aliphatic carbocycles. The summed E-state index contributed by atoms with van der Waals surface area (Å²) in [4.78, 5) is 0. The van der Waals surface area contributed by atoms with E-state index in [1.54, 1.807) is 0 Å². The Morgan fingerprint density at radius 2 is 2.20 bits per heavy atom. The molecule has 2 fully saturated rings. The van der Waals surface area contributed by atoms with E-state index < -0.39 is 0 Å². The van der Waals surface area contributed by atoms with Crippen LogP contribution in [-0.4, -0.2) is 10.6 Å². The van der Waals surface area contributed by atoms with Gasteiger partial charge in [-0.2, -0.15) is 5.26 Å². The molecule has 3 heteroatoms. The largest absolute Gasteiger partial charge is 0.342 e. The Labute approximate surface area is 122 Å². The number of fused-ring (bicyclic) bond motifs is 2. The van der Waals surface area contributed by atoms with Crippen LogP contribution in [0.3, 0.4) is 0 Å². The fourth-order valence-corrected chi connectivity index (χ4v) is 4.87. The van der Waals surface area contributed by atoms with E-state index >= 15 is 0 Å². The van der Waals surface area contributed by atoms with Crippen molar-refractivity contribution in [1.82, 2.24) is 9.88 Å². The average molecular weight is 271 g/mol. The molecule has 2 bridgehead atoms. The third-order valence-corrected chi connectivity index (χ3v) is 5.96. The Bertz CT molecular complexity index is 559. The molecule has 0 radical (unpaired) electrons. The van der Waals surface area contributed by atoms with Gasteiger partial charge in [-0.25, -0.2) is 0 Å². The van der Waals surface area contributed by atoms with E-state index in [1.165, 1.54) is 24.8 Å². The van der Waals surface area contributed by atoms with Crippen LogP contribution in [-0.2, 0) is 13.6 Å². The third-order valence-electron chi connectivity index (χ3n) is 5.96. The van der Waals surface area contributed by atoms with Crippen molar-refractivity contribution in [2.45, 2.75) is 52.6 Å². The lowest BCUT2D eigenvalue weighted by molar-refractivity contribution is 0.108. The van der Waals surface area contributed by atoms with Crippen LogP contribution in [0.15, 0.2) is 12.3 Å². The van der Waals surface area contributed by atoms with Gasteiger partial charge < -0.3 is 9.88 Å². The molecule has 3 rings (SSSR count). The summed E-state index contributed by atoms with van der Waals surface area (Å²) in [6.45, 7) is 8.16. The Kier molecular flexibility index (Phi) is 2.99. The zero-order valence-corrected chi connectivity index (χ0v) is 13.0. The van der Waals surface area contributed by atoms with Crippen LogP contribution in [0.5, 0.6) is 0 Å². The lowest BCUT2D eigenvalue weighted by atomic mass is 9.68. The topological polar surface area (TPSA) is 40.8 Å². The van der Waals surface area contributed by atoms with Crippen molar-refractivity contribution in [3.05, 3.63) is 23.5 Å². The van der Waals surface area contributed by atoms with Crippen molar-refractivity contribution < 1.29 is 0 Å². The number of hydrogen-bond acceptors (Lipinski definition) is 2. The Balaban J connectivity index is 1.73. The Hall–Kier alpha value is -1.27. The second-order valence-electron chi connectivity index (χ2n) is 7.69. The Morgan fingerprint density at radius 3 is 2.75 bits per heavy atom. The highest BCUT2D eigenvalue weighted by molar-refractivity contribution is 5.28. The highest BCUT2D eigenvalue weighted by Gasteiger charge is 2.58. The number of aromatic nitrogens is 1. The van der Waals surface area contributed by atoms with Gasteiger partial charge in [0.2, 0.25) is 0 Å². The van der Waals surface area contributed by atoms with Crippen molar-refractivity contribution in [2.75, 3.05) is 0 Å². The molecule has 1 aromatic heterocycles. The maximum Gasteiger partial charge on any atom is 0.120 e. The second-order valence-corrected chi connectivity index (χ2v) is 7.69. The fraction of sp³-hybridized carbons (Fsp3) is 0.706. The minimum Gasteiger partial charge on any atom is -0.342 e. The van der Waals surface area contributed by atoms with E-state index in [1.807, 2.05) is 17.7 Å². The molecule has 3 unspecified atom stereocenters. The number of aryl methyl sites for hydroxylation is 1. The molecule has 0 amide bonds. The van der Waals surface area contributed by atoms with Gasteiger partial charge in [-0.3, -0.25) is 0 Å². The summed E-state index contributed by atoms with van der Waals surface area (Å²) in [5.41, 5.74) is 2.80. The summed E-state index contributed by atoms with van der Waals surface area (Å²) in [5.74, 6) is 0.871. The molecule has 0 aromatic carbocycles. The second kappa shape index (κ2) is 4.36. The zero-order chi connectivity index (χ0) is 14.5. The van der Waals surface area contributed by atoms with Crippen LogP contribution in [0, 0.1) is 28.1 Å². The minimum atomic E-state index is 0.389. The Morgan fingerprint density at radius 1 is 1.45 bits per heavy atom. The van der Waals surface area contributed by atoms with Gasteiger partial charge in [-0.15, -0.1) is 0 Å². The standard InChI is InChI=1S/C17H25N3/c1-16(2)13-5-6-17(3,8-13)15(16)19-10-12-7-14(9-18)20(4)11-12/h7,11,13,15,19H,5-6,8,10H2,1-4H3. The molecular weight excluding hydrogens is 246 g/mol. The van der Waals surface area contributed by atoms with Crippen molar-refractivity contribution in [1.29, 1.82) is 5.26 Å². The summed E-state index contributed by atoms with van der Waals surface area (Å²) in [6, 6.07) is 4.81. The number of hydrogen-bond donors (Lipinski definition) is 1. The first kappa shape index (κ1) is 13.7. The first-order valence-electron chi connectivity index (χ1n) is 7.65. The number of nitrogens with zero attached hydrogens (tertiary/aromatic N) is 2. The molecule has 2 aliphatic rings. The van der Waals surface area contributed by atoms with Crippen molar-refractivity contribution in [3.8, 4) is 6.07 Å². The van der Waals surface area contributed by atoms with Gasteiger partial charge in [0.05, 0.1) is 0 Å². The summed E-state index contributed by atoms with van der Waals surface area (Å²) in [6.07, 6.45) is 6.19. The number of rotatable bonds is 3. The lowest BCUT2D eigenvalue weighted by Gasteiger charge is -2.43. The molecule has 3 nitrogen and oxygen atoms in total. The maximum atomic E-state index is 9.03. The van der Waals surface area contributed by atoms with Crippen molar-refractivity contribution in [3.63, 3.8) is 0 Å². The molecule has 1 aromatic rings. The van der Waals surface area contributed by atoms with Gasteiger partial charge in [0.15, 0.2) is 0 Å². The van der Waals surface area contributed by atoms with Gasteiger partial charge in [-0.1, -0.05) is 20.8 Å². The maximum absolute atomic E-state index is 9.03. The molecular formula is C17H25N3. The van der Waals surface area contributed by atoms with Gasteiger partial charge in [0, 0.05) is 25.8 Å². The highest BCUT2D eigenvalue weighted by atomic mass is 15.0. The van der Waals surface area contributed by atoms with E-state index in [0.29, 0.717) is 16.9 Å². The van der Waals surface area contributed by atoms with E-state index in [9.17, 15) is 0 Å². The monoisotopic (exact) mass is 271 g/mol. The molecule has 108 valence electrons. The first-order chi connectivity index (χ1) is 9.37. The molecule has 20 heavy (non-hydrogen) atoms. The van der Waals surface area contributed by atoms with Crippen LogP contribution >= 0.6 is 0 Å². The van der Waals surface area contributed by atoms with Crippen LogP contribution < -0.4 is 5.32 Å². The quantitative estimate of drug-likeness (QED) is 0.917. The zero-order valence-electron chi connectivity index (χ0n) is 13.0. The van der Waals surface area contributed by atoms with Crippen molar-refractivity contribution >= 4 is 0 Å². The number of nitrogens with one attached hydrogen (secondary N) is 1. The SMILES string of the molecule is Cn1cc(CNC2C3(C)CCC(C3)C2(C)C)cc1C#N. The summed E-state index contributed by atoms with van der Waals surface area (Å²) < 4.78 is 1.91. The van der Waals surface area contributed by atoms with E-state index in [0.717, 1.165) is 18.2 Å². The van der Waals surface area contributed by atoms with Gasteiger partial charge in [0.25, 0.3) is 0 Å². The van der Waals surface area contributed by atoms with Crippen LogP contribution in [0.4, 0.5) is 0 Å². The molecule has 0 aliphatic heterocycles. The third kappa shape index (κ3) is 1.90. The van der Waals surface area contributed by atoms with E-state index in [4.69, 9.17) is 5.26 Å². The predicted molar refractivity (Wildman–Crippen MR) is 80.0 cm³/mol. The van der Waals surface area contributed by atoms with Crippen LogP contribution in [0.1, 0.15) is 51.3 Å². The molecule has 1 N–H and O–H groups in total. The summed E-state index contributed by atoms with van der Waals surface area (Å²) in [5, 5.41) is 12.8. The van der Waals surface area contributed by atoms with Gasteiger partial charge in [0.1, 0.15) is 11.8 Å². The van der Waals surface area contributed by atoms with E-state index in [2.05, 4.69) is 38.4 Å². The fourth-order valence-electron chi connectivity index (χ4n) is 4.87. The summed E-state index contributed by atoms with van der Waals surface area (Å²) in [7, 11) is 1.94. The highest BCUT2D eigenvalue weighted by Crippen LogP contribution is 2.62. The first-order valence-corrected chi connectivity index (χ1v) is 7.65. The lowest BCUT2D eigenvalue weighted by Crippen LogP contribution is -2.49.